The van der Waals surface area contributed by atoms with Crippen LogP contribution in [-0.4, -0.2) is 64.9 Å². The molecule has 3 heterocycles. The summed E-state index contributed by atoms with van der Waals surface area (Å²) >= 11 is 0. The third-order valence-electron chi connectivity index (χ3n) is 6.14. The molecular weight excluding hydrogens is 416 g/mol. The van der Waals surface area contributed by atoms with Crippen molar-refractivity contribution in [2.24, 2.45) is 0 Å². The molecule has 33 heavy (non-hydrogen) atoms. The molecule has 1 atom stereocenters. The second-order valence-corrected chi connectivity index (χ2v) is 8.86. The number of hydrogen-bond donors (Lipinski definition) is 0. The van der Waals surface area contributed by atoms with Gasteiger partial charge in [0, 0.05) is 50.6 Å². The summed E-state index contributed by atoms with van der Waals surface area (Å²) in [7, 11) is 5.55. The van der Waals surface area contributed by atoms with E-state index in [1.807, 2.05) is 68.2 Å². The highest BCUT2D eigenvalue weighted by atomic mass is 16.5. The van der Waals surface area contributed by atoms with Gasteiger partial charge in [-0.25, -0.2) is 9.97 Å². The Labute approximate surface area is 195 Å². The quantitative estimate of drug-likeness (QED) is 0.575. The fraction of sp³-hybridized carbons (Fsp3) is 0.440. The predicted molar refractivity (Wildman–Crippen MR) is 129 cm³/mol. The van der Waals surface area contributed by atoms with Crippen LogP contribution in [0.5, 0.6) is 5.75 Å². The van der Waals surface area contributed by atoms with E-state index in [1.165, 1.54) is 0 Å². The zero-order valence-electron chi connectivity index (χ0n) is 20.1. The number of methoxy groups -OCH3 is 1. The van der Waals surface area contributed by atoms with Crippen molar-refractivity contribution in [3.05, 3.63) is 53.6 Å². The van der Waals surface area contributed by atoms with E-state index in [0.717, 1.165) is 53.3 Å². The number of carbonyl (C=O) groups excluding carboxylic acids is 1. The average molecular weight is 449 g/mol. The smallest absolute Gasteiger partial charge is 0.244 e. The molecule has 8 nitrogen and oxygen atoms in total. The molecule has 1 amide bonds. The SMILES string of the molecule is COc1cccc(-c2cnc(N(C)C)nc2C2CCCN(C(=O)Cn3nc(C)cc3C)C2)c1. The van der Waals surface area contributed by atoms with Gasteiger partial charge in [-0.2, -0.15) is 5.10 Å². The molecule has 0 spiro atoms. The second kappa shape index (κ2) is 9.60. The summed E-state index contributed by atoms with van der Waals surface area (Å²) in [5.74, 6) is 1.69. The van der Waals surface area contributed by atoms with Gasteiger partial charge in [-0.15, -0.1) is 0 Å². The number of rotatable bonds is 6. The van der Waals surface area contributed by atoms with Crippen molar-refractivity contribution in [1.29, 1.82) is 0 Å². The normalized spacial score (nSPS) is 16.0. The number of benzene rings is 1. The molecule has 0 aliphatic carbocycles. The maximum atomic E-state index is 13.1. The van der Waals surface area contributed by atoms with Gasteiger partial charge in [0.2, 0.25) is 11.9 Å². The first-order valence-corrected chi connectivity index (χ1v) is 11.3. The van der Waals surface area contributed by atoms with Gasteiger partial charge in [0.05, 0.1) is 18.5 Å². The number of likely N-dealkylation sites (tertiary alicyclic amines) is 1. The predicted octanol–water partition coefficient (Wildman–Crippen LogP) is 3.44. The van der Waals surface area contributed by atoms with Crippen molar-refractivity contribution in [1.82, 2.24) is 24.6 Å². The van der Waals surface area contributed by atoms with Crippen LogP contribution in [0.1, 0.15) is 35.8 Å². The summed E-state index contributed by atoms with van der Waals surface area (Å²) < 4.78 is 7.22. The highest BCUT2D eigenvalue weighted by molar-refractivity contribution is 5.76. The zero-order valence-corrected chi connectivity index (χ0v) is 20.1. The molecule has 4 rings (SSSR count). The summed E-state index contributed by atoms with van der Waals surface area (Å²) in [5.41, 5.74) is 4.90. The van der Waals surface area contributed by atoms with E-state index in [4.69, 9.17) is 9.72 Å². The van der Waals surface area contributed by atoms with Crippen LogP contribution >= 0.6 is 0 Å². The standard InChI is InChI=1S/C25H32N6O2/c1-17-12-18(2)31(28-17)16-23(32)30-11-7-9-20(15-30)24-22(14-26-25(27-24)29(3)4)19-8-6-10-21(13-19)33-5/h6,8,10,12-14,20H,7,9,11,15-16H2,1-5H3. The van der Waals surface area contributed by atoms with Crippen LogP contribution in [0.4, 0.5) is 5.95 Å². The molecular formula is C25H32N6O2. The van der Waals surface area contributed by atoms with E-state index < -0.39 is 0 Å². The van der Waals surface area contributed by atoms with Crippen LogP contribution in [0, 0.1) is 13.8 Å². The number of aromatic nitrogens is 4. The average Bonchev–Trinajstić information content (AvgIpc) is 3.14. The topological polar surface area (TPSA) is 76.4 Å². The number of anilines is 1. The van der Waals surface area contributed by atoms with Gasteiger partial charge in [0.25, 0.3) is 0 Å². The van der Waals surface area contributed by atoms with Crippen LogP contribution in [0.15, 0.2) is 36.5 Å². The monoisotopic (exact) mass is 448 g/mol. The molecule has 1 unspecified atom stereocenters. The Morgan fingerprint density at radius 3 is 2.76 bits per heavy atom. The highest BCUT2D eigenvalue weighted by Crippen LogP contribution is 2.35. The number of nitrogens with zero attached hydrogens (tertiary/aromatic N) is 6. The van der Waals surface area contributed by atoms with E-state index in [2.05, 4.69) is 16.1 Å². The zero-order chi connectivity index (χ0) is 23.5. The summed E-state index contributed by atoms with van der Waals surface area (Å²) in [6.45, 7) is 5.59. The van der Waals surface area contributed by atoms with Gasteiger partial charge in [-0.1, -0.05) is 12.1 Å². The maximum Gasteiger partial charge on any atom is 0.244 e. The number of hydrogen-bond acceptors (Lipinski definition) is 6. The lowest BCUT2D eigenvalue weighted by molar-refractivity contribution is -0.133. The molecule has 0 N–H and O–H groups in total. The van der Waals surface area contributed by atoms with E-state index in [1.54, 1.807) is 11.8 Å². The van der Waals surface area contributed by atoms with Gasteiger partial charge >= 0.3 is 0 Å². The summed E-state index contributed by atoms with van der Waals surface area (Å²) in [6.07, 6.45) is 3.81. The number of ether oxygens (including phenoxy) is 1. The van der Waals surface area contributed by atoms with Gasteiger partial charge in [-0.05, 0) is 50.5 Å². The maximum absolute atomic E-state index is 13.1. The molecule has 1 aromatic carbocycles. The van der Waals surface area contributed by atoms with Crippen molar-refractivity contribution >= 4 is 11.9 Å². The lowest BCUT2D eigenvalue weighted by Crippen LogP contribution is -2.41. The molecule has 8 heteroatoms. The van der Waals surface area contributed by atoms with Crippen LogP contribution in [-0.2, 0) is 11.3 Å². The molecule has 1 saturated heterocycles. The van der Waals surface area contributed by atoms with Crippen molar-refractivity contribution in [3.8, 4) is 16.9 Å². The lowest BCUT2D eigenvalue weighted by atomic mass is 9.90. The molecule has 1 aliphatic heterocycles. The first-order valence-electron chi connectivity index (χ1n) is 11.3. The van der Waals surface area contributed by atoms with Crippen molar-refractivity contribution in [3.63, 3.8) is 0 Å². The van der Waals surface area contributed by atoms with Crippen LogP contribution in [0.3, 0.4) is 0 Å². The summed E-state index contributed by atoms with van der Waals surface area (Å²) in [4.78, 5) is 26.5. The Kier molecular flexibility index (Phi) is 6.62. The van der Waals surface area contributed by atoms with Crippen LogP contribution < -0.4 is 9.64 Å². The Morgan fingerprint density at radius 2 is 2.06 bits per heavy atom. The summed E-state index contributed by atoms with van der Waals surface area (Å²) in [6, 6.07) is 9.96. The molecule has 1 fully saturated rings. The third-order valence-corrected chi connectivity index (χ3v) is 6.14. The van der Waals surface area contributed by atoms with E-state index >= 15 is 0 Å². The van der Waals surface area contributed by atoms with Crippen molar-refractivity contribution in [2.45, 2.75) is 39.2 Å². The molecule has 1 aliphatic rings. The Morgan fingerprint density at radius 1 is 1.24 bits per heavy atom. The molecule has 2 aromatic heterocycles. The summed E-state index contributed by atoms with van der Waals surface area (Å²) in [5, 5.41) is 4.45. The van der Waals surface area contributed by atoms with Gasteiger partial charge in [-0.3, -0.25) is 9.48 Å². The molecule has 0 bridgehead atoms. The van der Waals surface area contributed by atoms with Gasteiger partial charge < -0.3 is 14.5 Å². The fourth-order valence-corrected chi connectivity index (χ4v) is 4.41. The minimum atomic E-state index is 0.0933. The largest absolute Gasteiger partial charge is 0.497 e. The minimum absolute atomic E-state index is 0.0933. The van der Waals surface area contributed by atoms with Crippen LogP contribution in [0.2, 0.25) is 0 Å². The number of aryl methyl sites for hydroxylation is 2. The third kappa shape index (κ3) is 4.99. The molecule has 0 saturated carbocycles. The Hall–Kier alpha value is -3.42. The molecule has 174 valence electrons. The fourth-order valence-electron chi connectivity index (χ4n) is 4.41. The van der Waals surface area contributed by atoms with E-state index in [-0.39, 0.29) is 18.4 Å². The molecule has 3 aromatic rings. The van der Waals surface area contributed by atoms with E-state index in [9.17, 15) is 4.79 Å². The van der Waals surface area contributed by atoms with E-state index in [0.29, 0.717) is 12.5 Å². The Bertz CT molecular complexity index is 1140. The second-order valence-electron chi connectivity index (χ2n) is 8.86. The molecule has 0 radical (unpaired) electrons. The number of carbonyl (C=O) groups is 1. The Balaban J connectivity index is 1.63. The minimum Gasteiger partial charge on any atom is -0.497 e. The highest BCUT2D eigenvalue weighted by Gasteiger charge is 2.29. The first kappa shape index (κ1) is 22.8. The number of piperidine rings is 1. The number of amides is 1. The van der Waals surface area contributed by atoms with Crippen molar-refractivity contribution < 1.29 is 9.53 Å². The first-order chi connectivity index (χ1) is 15.9. The van der Waals surface area contributed by atoms with Crippen molar-refractivity contribution in [2.75, 3.05) is 39.2 Å². The van der Waals surface area contributed by atoms with Gasteiger partial charge in [0.1, 0.15) is 12.3 Å². The van der Waals surface area contributed by atoms with Crippen LogP contribution in [0.25, 0.3) is 11.1 Å². The van der Waals surface area contributed by atoms with Gasteiger partial charge in [0.15, 0.2) is 0 Å². The lowest BCUT2D eigenvalue weighted by Gasteiger charge is -2.33.